The molecule has 1 aliphatic heterocycles. The monoisotopic (exact) mass is 351 g/mol. The Bertz CT molecular complexity index is 956. The van der Waals surface area contributed by atoms with Crippen LogP contribution in [-0.4, -0.2) is 27.3 Å². The van der Waals surface area contributed by atoms with Gasteiger partial charge in [-0.2, -0.15) is 0 Å². The largest absolute Gasteiger partial charge is 0.334 e. The molecule has 6 heteroatoms. The first-order chi connectivity index (χ1) is 12.6. The number of nitrogens with zero attached hydrogens (tertiary/aromatic N) is 3. The molecule has 0 N–H and O–H groups in total. The second-order valence-electron chi connectivity index (χ2n) is 6.16. The van der Waals surface area contributed by atoms with Crippen LogP contribution in [0.3, 0.4) is 0 Å². The van der Waals surface area contributed by atoms with E-state index < -0.39 is 0 Å². The summed E-state index contributed by atoms with van der Waals surface area (Å²) < 4.78 is 26.1. The predicted octanol–water partition coefficient (Wildman–Crippen LogP) is 3.62. The van der Waals surface area contributed by atoms with Gasteiger partial charge in [-0.25, -0.2) is 18.7 Å². The molecule has 1 aromatic heterocycles. The first-order valence-corrected chi connectivity index (χ1v) is 8.26. The second-order valence-corrected chi connectivity index (χ2v) is 6.16. The van der Waals surface area contributed by atoms with Crippen LogP contribution in [0.4, 0.5) is 8.78 Å². The molecule has 0 bridgehead atoms. The maximum atomic E-state index is 13.1. The van der Waals surface area contributed by atoms with Crippen molar-refractivity contribution in [2.45, 2.75) is 13.0 Å². The molecule has 0 atom stereocenters. The molecule has 4 rings (SSSR count). The van der Waals surface area contributed by atoms with Crippen LogP contribution < -0.4 is 0 Å². The summed E-state index contributed by atoms with van der Waals surface area (Å²) in [5.74, 6) is -0.269. The zero-order valence-corrected chi connectivity index (χ0v) is 13.8. The maximum absolute atomic E-state index is 13.1. The minimum atomic E-state index is -0.368. The van der Waals surface area contributed by atoms with Crippen molar-refractivity contribution in [3.63, 3.8) is 0 Å². The Balaban J connectivity index is 1.55. The number of benzene rings is 2. The van der Waals surface area contributed by atoms with Crippen molar-refractivity contribution in [3.05, 3.63) is 83.2 Å². The number of amides is 1. The number of hydrogen-bond acceptors (Lipinski definition) is 3. The molecule has 0 radical (unpaired) electrons. The minimum absolute atomic E-state index is 0.140. The molecule has 0 saturated carbocycles. The summed E-state index contributed by atoms with van der Waals surface area (Å²) in [4.78, 5) is 23.2. The lowest BCUT2D eigenvalue weighted by molar-refractivity contribution is 0.0733. The van der Waals surface area contributed by atoms with Crippen molar-refractivity contribution in [3.8, 4) is 11.4 Å². The lowest BCUT2D eigenvalue weighted by Gasteiger charge is -2.28. The summed E-state index contributed by atoms with van der Waals surface area (Å²) >= 11 is 0. The average molecular weight is 351 g/mol. The molecular formula is C20H15F2N3O. The van der Waals surface area contributed by atoms with Crippen LogP contribution >= 0.6 is 0 Å². The standard InChI is InChI=1S/C20H15F2N3O/c21-16-5-1-13(2-6-16)19-23-11-15-12-25(10-9-18(15)24-19)20(26)14-3-7-17(22)8-4-14/h1-8,11H,9-10,12H2. The first-order valence-electron chi connectivity index (χ1n) is 8.26. The Labute approximate surface area is 149 Å². The van der Waals surface area contributed by atoms with Gasteiger partial charge in [0.05, 0.1) is 5.69 Å². The van der Waals surface area contributed by atoms with Gasteiger partial charge >= 0.3 is 0 Å². The SMILES string of the molecule is O=C(c1ccc(F)cc1)N1CCc2nc(-c3ccc(F)cc3)ncc2C1. The minimum Gasteiger partial charge on any atom is -0.334 e. The summed E-state index contributed by atoms with van der Waals surface area (Å²) in [7, 11) is 0. The van der Waals surface area contributed by atoms with Gasteiger partial charge in [0.1, 0.15) is 11.6 Å². The number of halogens is 2. The predicted molar refractivity (Wildman–Crippen MR) is 92.3 cm³/mol. The molecule has 3 aromatic rings. The fourth-order valence-electron chi connectivity index (χ4n) is 3.00. The third kappa shape index (κ3) is 3.18. The highest BCUT2D eigenvalue weighted by molar-refractivity contribution is 5.94. The van der Waals surface area contributed by atoms with E-state index in [4.69, 9.17) is 0 Å². The Morgan fingerprint density at radius 2 is 1.62 bits per heavy atom. The highest BCUT2D eigenvalue weighted by Crippen LogP contribution is 2.22. The number of carbonyl (C=O) groups is 1. The van der Waals surface area contributed by atoms with Crippen LogP contribution in [0, 0.1) is 11.6 Å². The lowest BCUT2D eigenvalue weighted by atomic mass is 10.1. The summed E-state index contributed by atoms with van der Waals surface area (Å²) in [6.07, 6.45) is 2.32. The van der Waals surface area contributed by atoms with E-state index in [1.807, 2.05) is 0 Å². The van der Waals surface area contributed by atoms with Crippen molar-refractivity contribution in [1.82, 2.24) is 14.9 Å². The molecule has 4 nitrogen and oxygen atoms in total. The van der Waals surface area contributed by atoms with E-state index in [0.717, 1.165) is 16.8 Å². The second kappa shape index (κ2) is 6.63. The van der Waals surface area contributed by atoms with E-state index in [9.17, 15) is 13.6 Å². The summed E-state index contributed by atoms with van der Waals surface area (Å²) in [5.41, 5.74) is 2.98. The maximum Gasteiger partial charge on any atom is 0.254 e. The third-order valence-electron chi connectivity index (χ3n) is 4.41. The van der Waals surface area contributed by atoms with Crippen LogP contribution in [0.25, 0.3) is 11.4 Å². The molecule has 26 heavy (non-hydrogen) atoms. The average Bonchev–Trinajstić information content (AvgIpc) is 2.68. The van der Waals surface area contributed by atoms with Crippen LogP contribution in [-0.2, 0) is 13.0 Å². The number of rotatable bonds is 2. The Morgan fingerprint density at radius 3 is 2.31 bits per heavy atom. The quantitative estimate of drug-likeness (QED) is 0.708. The highest BCUT2D eigenvalue weighted by atomic mass is 19.1. The zero-order valence-electron chi connectivity index (χ0n) is 13.8. The van der Waals surface area contributed by atoms with Crippen LogP contribution in [0.15, 0.2) is 54.7 Å². The Kier molecular flexibility index (Phi) is 4.16. The van der Waals surface area contributed by atoms with E-state index in [0.29, 0.717) is 30.9 Å². The molecule has 0 unspecified atom stereocenters. The number of hydrogen-bond donors (Lipinski definition) is 0. The summed E-state index contributed by atoms with van der Waals surface area (Å²) in [6.45, 7) is 0.943. The molecule has 0 aliphatic carbocycles. The molecule has 0 saturated heterocycles. The van der Waals surface area contributed by atoms with E-state index in [1.54, 1.807) is 23.2 Å². The molecule has 1 amide bonds. The third-order valence-corrected chi connectivity index (χ3v) is 4.41. The van der Waals surface area contributed by atoms with Crippen LogP contribution in [0.5, 0.6) is 0 Å². The van der Waals surface area contributed by atoms with E-state index in [-0.39, 0.29) is 17.5 Å². The van der Waals surface area contributed by atoms with Crippen molar-refractivity contribution < 1.29 is 13.6 Å². The van der Waals surface area contributed by atoms with Crippen molar-refractivity contribution in [2.75, 3.05) is 6.54 Å². The zero-order chi connectivity index (χ0) is 18.1. The van der Waals surface area contributed by atoms with Crippen molar-refractivity contribution in [2.24, 2.45) is 0 Å². The van der Waals surface area contributed by atoms with Gasteiger partial charge in [0, 0.05) is 42.4 Å². The molecule has 0 fully saturated rings. The van der Waals surface area contributed by atoms with Gasteiger partial charge in [0.15, 0.2) is 5.82 Å². The van der Waals surface area contributed by atoms with E-state index in [2.05, 4.69) is 9.97 Å². The summed E-state index contributed by atoms with van der Waals surface area (Å²) in [6, 6.07) is 11.6. The van der Waals surface area contributed by atoms with Gasteiger partial charge in [-0.15, -0.1) is 0 Å². The molecule has 1 aliphatic rings. The molecular weight excluding hydrogens is 336 g/mol. The number of fused-ring (bicyclic) bond motifs is 1. The van der Waals surface area contributed by atoms with Gasteiger partial charge in [0.2, 0.25) is 0 Å². The number of carbonyl (C=O) groups excluding carboxylic acids is 1. The van der Waals surface area contributed by atoms with Gasteiger partial charge in [0.25, 0.3) is 5.91 Å². The molecule has 130 valence electrons. The fraction of sp³-hybridized carbons (Fsp3) is 0.150. The van der Waals surface area contributed by atoms with Crippen LogP contribution in [0.1, 0.15) is 21.6 Å². The van der Waals surface area contributed by atoms with Gasteiger partial charge in [-0.3, -0.25) is 4.79 Å². The first kappa shape index (κ1) is 16.3. The van der Waals surface area contributed by atoms with E-state index in [1.165, 1.54) is 36.4 Å². The van der Waals surface area contributed by atoms with Crippen molar-refractivity contribution in [1.29, 1.82) is 0 Å². The van der Waals surface area contributed by atoms with Crippen molar-refractivity contribution >= 4 is 5.91 Å². The van der Waals surface area contributed by atoms with E-state index >= 15 is 0 Å². The topological polar surface area (TPSA) is 46.1 Å². The van der Waals surface area contributed by atoms with Gasteiger partial charge < -0.3 is 4.90 Å². The molecule has 2 aromatic carbocycles. The lowest BCUT2D eigenvalue weighted by Crippen LogP contribution is -2.36. The van der Waals surface area contributed by atoms with Crippen LogP contribution in [0.2, 0.25) is 0 Å². The summed E-state index contributed by atoms with van der Waals surface area (Å²) in [5, 5.41) is 0. The smallest absolute Gasteiger partial charge is 0.254 e. The fourth-order valence-corrected chi connectivity index (χ4v) is 3.00. The highest BCUT2D eigenvalue weighted by Gasteiger charge is 2.23. The number of aromatic nitrogens is 2. The van der Waals surface area contributed by atoms with Gasteiger partial charge in [-0.05, 0) is 48.5 Å². The molecule has 0 spiro atoms. The van der Waals surface area contributed by atoms with Gasteiger partial charge in [-0.1, -0.05) is 0 Å². The Hall–Kier alpha value is -3.15. The molecule has 2 heterocycles. The Morgan fingerprint density at radius 1 is 0.962 bits per heavy atom. The normalized spacial score (nSPS) is 13.4.